The van der Waals surface area contributed by atoms with Gasteiger partial charge in [0.15, 0.2) is 4.77 Å². The molecule has 1 aromatic heterocycles. The lowest BCUT2D eigenvalue weighted by Gasteiger charge is -2.08. The number of hydrogen-bond donors (Lipinski definition) is 1. The maximum Gasteiger partial charge on any atom is 0.182 e. The number of imidazole rings is 1. The summed E-state index contributed by atoms with van der Waals surface area (Å²) in [4.78, 5) is 3.27. The molecule has 1 heterocycles. The molecule has 0 aliphatic rings. The Labute approximate surface area is 124 Å². The molecule has 0 saturated carbocycles. The minimum Gasteiger partial charge on any atom is -0.330 e. The molecule has 0 bridgehead atoms. The van der Waals surface area contributed by atoms with Gasteiger partial charge in [-0.3, -0.25) is 4.57 Å². The number of halogens is 1. The van der Waals surface area contributed by atoms with Gasteiger partial charge in [0.05, 0.1) is 16.7 Å². The van der Waals surface area contributed by atoms with Crippen molar-refractivity contribution in [3.05, 3.63) is 56.4 Å². The first-order valence-electron chi connectivity index (χ1n) is 5.64. The summed E-state index contributed by atoms with van der Waals surface area (Å²) >= 11 is 7.80. The molecule has 3 rings (SSSR count). The molecule has 0 aliphatic heterocycles. The molecule has 0 fully saturated rings. The number of nitrogens with zero attached hydrogens (tertiary/aromatic N) is 1. The fourth-order valence-electron chi connectivity index (χ4n) is 2.19. The van der Waals surface area contributed by atoms with Crippen LogP contribution in [0.5, 0.6) is 0 Å². The zero-order valence-electron chi connectivity index (χ0n) is 9.77. The maximum absolute atomic E-state index is 5.46. The molecule has 3 aromatic rings. The van der Waals surface area contributed by atoms with Crippen LogP contribution in [-0.4, -0.2) is 9.55 Å². The van der Waals surface area contributed by atoms with Gasteiger partial charge in [0.2, 0.25) is 0 Å². The Morgan fingerprint density at radius 1 is 1.11 bits per heavy atom. The Bertz CT molecular complexity index is 786. The highest BCUT2D eigenvalue weighted by Gasteiger charge is 2.10. The molecule has 0 amide bonds. The van der Waals surface area contributed by atoms with Crippen LogP contribution in [0.2, 0.25) is 0 Å². The number of benzene rings is 2. The van der Waals surface area contributed by atoms with Crippen molar-refractivity contribution in [2.24, 2.45) is 0 Å². The van der Waals surface area contributed by atoms with E-state index in [0.29, 0.717) is 0 Å². The van der Waals surface area contributed by atoms with Crippen molar-refractivity contribution in [2.45, 2.75) is 6.92 Å². The Kier molecular flexibility index (Phi) is 2.99. The van der Waals surface area contributed by atoms with Crippen molar-refractivity contribution < 1.29 is 0 Å². The number of aryl methyl sites for hydroxylation is 1. The molecule has 4 heteroatoms. The van der Waals surface area contributed by atoms with Crippen molar-refractivity contribution in [1.29, 1.82) is 0 Å². The van der Waals surface area contributed by atoms with E-state index in [1.54, 1.807) is 0 Å². The third-order valence-electron chi connectivity index (χ3n) is 3.00. The van der Waals surface area contributed by atoms with Crippen LogP contribution in [0, 0.1) is 15.3 Å². The Morgan fingerprint density at radius 2 is 1.89 bits per heavy atom. The van der Waals surface area contributed by atoms with Gasteiger partial charge in [-0.2, -0.15) is 0 Å². The monoisotopic (exact) mass is 366 g/mol. The molecule has 18 heavy (non-hydrogen) atoms. The second-order valence-electron chi connectivity index (χ2n) is 4.19. The van der Waals surface area contributed by atoms with Crippen LogP contribution in [0.3, 0.4) is 0 Å². The largest absolute Gasteiger partial charge is 0.330 e. The van der Waals surface area contributed by atoms with Crippen LogP contribution in [0.4, 0.5) is 0 Å². The highest BCUT2D eigenvalue weighted by Crippen LogP contribution is 2.25. The molecule has 1 N–H and O–H groups in total. The van der Waals surface area contributed by atoms with Gasteiger partial charge < -0.3 is 4.98 Å². The third kappa shape index (κ3) is 1.80. The molecule has 0 spiro atoms. The quantitative estimate of drug-likeness (QED) is 0.493. The van der Waals surface area contributed by atoms with Gasteiger partial charge in [-0.05, 0) is 65.5 Å². The molecule has 0 saturated heterocycles. The number of aromatic amines is 1. The van der Waals surface area contributed by atoms with E-state index in [0.717, 1.165) is 21.5 Å². The molecule has 0 unspecified atom stereocenters. The molecule has 0 aliphatic carbocycles. The van der Waals surface area contributed by atoms with Crippen molar-refractivity contribution in [2.75, 3.05) is 0 Å². The lowest BCUT2D eigenvalue weighted by Crippen LogP contribution is -1.97. The average Bonchev–Trinajstić information content (AvgIpc) is 2.68. The van der Waals surface area contributed by atoms with Gasteiger partial charge in [-0.15, -0.1) is 0 Å². The van der Waals surface area contributed by atoms with Crippen LogP contribution in [0.25, 0.3) is 16.7 Å². The zero-order chi connectivity index (χ0) is 12.7. The second-order valence-corrected chi connectivity index (χ2v) is 5.74. The van der Waals surface area contributed by atoms with Crippen LogP contribution in [0.15, 0.2) is 42.5 Å². The number of H-pyrrole nitrogens is 1. The second kappa shape index (κ2) is 4.51. The summed E-state index contributed by atoms with van der Waals surface area (Å²) in [6.07, 6.45) is 0. The van der Waals surface area contributed by atoms with E-state index in [-0.39, 0.29) is 0 Å². The van der Waals surface area contributed by atoms with Crippen molar-refractivity contribution >= 4 is 45.8 Å². The summed E-state index contributed by atoms with van der Waals surface area (Å²) in [5, 5.41) is 0. The summed E-state index contributed by atoms with van der Waals surface area (Å²) < 4.78 is 4.04. The summed E-state index contributed by atoms with van der Waals surface area (Å²) in [6.45, 7) is 2.11. The first kappa shape index (κ1) is 11.9. The summed E-state index contributed by atoms with van der Waals surface area (Å²) in [5.41, 5.74) is 4.59. The number of hydrogen-bond acceptors (Lipinski definition) is 1. The fraction of sp³-hybridized carbons (Fsp3) is 0.0714. The number of rotatable bonds is 1. The van der Waals surface area contributed by atoms with E-state index in [4.69, 9.17) is 12.2 Å². The lowest BCUT2D eigenvalue weighted by molar-refractivity contribution is 1.05. The topological polar surface area (TPSA) is 20.7 Å². The fourth-order valence-corrected chi connectivity index (χ4v) is 3.12. The number of nitrogens with one attached hydrogen (secondary N) is 1. The van der Waals surface area contributed by atoms with E-state index in [2.05, 4.69) is 63.3 Å². The van der Waals surface area contributed by atoms with E-state index in [9.17, 15) is 0 Å². The van der Waals surface area contributed by atoms with Gasteiger partial charge in [-0.1, -0.05) is 24.3 Å². The Hall–Kier alpha value is -1.14. The van der Waals surface area contributed by atoms with E-state index in [1.165, 1.54) is 9.13 Å². The SMILES string of the molecule is Cc1cccc2[nH]c(=S)n(-c3ccccc3I)c12. The molecule has 0 radical (unpaired) electrons. The lowest BCUT2D eigenvalue weighted by atomic mass is 10.2. The summed E-state index contributed by atoms with van der Waals surface area (Å²) in [7, 11) is 0. The molecule has 90 valence electrons. The summed E-state index contributed by atoms with van der Waals surface area (Å²) in [5.74, 6) is 0. The van der Waals surface area contributed by atoms with Crippen LogP contribution >= 0.6 is 34.8 Å². The molecular weight excluding hydrogens is 355 g/mol. The van der Waals surface area contributed by atoms with Gasteiger partial charge in [-0.25, -0.2) is 0 Å². The third-order valence-corrected chi connectivity index (χ3v) is 4.20. The predicted molar refractivity (Wildman–Crippen MR) is 85.9 cm³/mol. The van der Waals surface area contributed by atoms with Crippen molar-refractivity contribution in [3.8, 4) is 5.69 Å². The number of fused-ring (bicyclic) bond motifs is 1. The smallest absolute Gasteiger partial charge is 0.182 e. The number of aromatic nitrogens is 2. The highest BCUT2D eigenvalue weighted by atomic mass is 127. The van der Waals surface area contributed by atoms with Gasteiger partial charge in [0.1, 0.15) is 0 Å². The Balaban J connectivity index is 2.47. The first-order valence-corrected chi connectivity index (χ1v) is 7.12. The van der Waals surface area contributed by atoms with Gasteiger partial charge >= 0.3 is 0 Å². The normalized spacial score (nSPS) is 11.0. The molecule has 2 aromatic carbocycles. The molecule has 0 atom stereocenters. The minimum absolute atomic E-state index is 0.739. The number of para-hydroxylation sites is 2. The molecule has 2 nitrogen and oxygen atoms in total. The highest BCUT2D eigenvalue weighted by molar-refractivity contribution is 14.1. The van der Waals surface area contributed by atoms with Crippen LogP contribution in [-0.2, 0) is 0 Å². The zero-order valence-corrected chi connectivity index (χ0v) is 12.7. The maximum atomic E-state index is 5.46. The standard InChI is InChI=1S/C14H11IN2S/c1-9-5-4-7-11-13(9)17(14(18)16-11)12-8-3-2-6-10(12)15/h2-8H,1H3,(H,16,18). The molecular formula is C14H11IN2S. The van der Waals surface area contributed by atoms with Crippen molar-refractivity contribution in [3.63, 3.8) is 0 Å². The van der Waals surface area contributed by atoms with Gasteiger partial charge in [0.25, 0.3) is 0 Å². The van der Waals surface area contributed by atoms with Crippen molar-refractivity contribution in [1.82, 2.24) is 9.55 Å². The van der Waals surface area contributed by atoms with E-state index in [1.807, 2.05) is 18.2 Å². The average molecular weight is 366 g/mol. The van der Waals surface area contributed by atoms with Gasteiger partial charge in [0, 0.05) is 3.57 Å². The predicted octanol–water partition coefficient (Wildman–Crippen LogP) is 4.60. The van der Waals surface area contributed by atoms with Crippen LogP contribution in [0.1, 0.15) is 5.56 Å². The minimum atomic E-state index is 0.739. The first-order chi connectivity index (χ1) is 8.68. The van der Waals surface area contributed by atoms with Crippen LogP contribution < -0.4 is 0 Å². The van der Waals surface area contributed by atoms with E-state index >= 15 is 0 Å². The van der Waals surface area contributed by atoms with E-state index < -0.39 is 0 Å². The Morgan fingerprint density at radius 3 is 2.67 bits per heavy atom. The summed E-state index contributed by atoms with van der Waals surface area (Å²) in [6, 6.07) is 14.5.